The number of rotatable bonds is 3. The van der Waals surface area contributed by atoms with E-state index in [1.54, 1.807) is 18.2 Å². The zero-order chi connectivity index (χ0) is 13.3. The molecule has 0 saturated heterocycles. The highest BCUT2D eigenvalue weighted by atomic mass is 16.5. The maximum Gasteiger partial charge on any atom is 0.304 e. The summed E-state index contributed by atoms with van der Waals surface area (Å²) in [6.45, 7) is 0. The monoisotopic (exact) mass is 248 g/mol. The van der Waals surface area contributed by atoms with Gasteiger partial charge < -0.3 is 9.84 Å². The Morgan fingerprint density at radius 2 is 2.17 bits per heavy atom. The third kappa shape index (κ3) is 2.11. The molecule has 18 heavy (non-hydrogen) atoms. The third-order valence-electron chi connectivity index (χ3n) is 3.03. The summed E-state index contributed by atoms with van der Waals surface area (Å²) in [7, 11) is 1.50. The van der Waals surface area contributed by atoms with Crippen LogP contribution in [0.2, 0.25) is 0 Å². The van der Waals surface area contributed by atoms with Gasteiger partial charge in [0.25, 0.3) is 0 Å². The Morgan fingerprint density at radius 3 is 2.78 bits per heavy atom. The van der Waals surface area contributed by atoms with E-state index < -0.39 is 24.1 Å². The van der Waals surface area contributed by atoms with Crippen molar-refractivity contribution < 1.29 is 24.2 Å². The Kier molecular flexibility index (Phi) is 3.14. The molecule has 5 heteroatoms. The van der Waals surface area contributed by atoms with Gasteiger partial charge in [-0.3, -0.25) is 14.4 Å². The topological polar surface area (TPSA) is 80.7 Å². The molecule has 0 bridgehead atoms. The molecule has 0 heterocycles. The summed E-state index contributed by atoms with van der Waals surface area (Å²) in [5.74, 6) is -2.37. The Hall–Kier alpha value is -2.17. The first-order chi connectivity index (χ1) is 8.52. The molecule has 0 spiro atoms. The number of hydrogen-bond acceptors (Lipinski definition) is 4. The smallest absolute Gasteiger partial charge is 0.304 e. The van der Waals surface area contributed by atoms with Crippen molar-refractivity contribution in [3.63, 3.8) is 0 Å². The average Bonchev–Trinajstić information content (AvgIpc) is 2.33. The van der Waals surface area contributed by atoms with Crippen molar-refractivity contribution >= 4 is 17.5 Å². The molecule has 1 aliphatic rings. The number of hydrogen-bond donors (Lipinski definition) is 1. The zero-order valence-electron chi connectivity index (χ0n) is 9.80. The molecule has 1 atom stereocenters. The van der Waals surface area contributed by atoms with Crippen LogP contribution in [0.15, 0.2) is 18.2 Å². The van der Waals surface area contributed by atoms with Crippen LogP contribution < -0.4 is 4.74 Å². The number of carbonyl (C=O) groups excluding carboxylic acids is 2. The standard InChI is InChI=1S/C13H12O5/c1-18-8-2-3-9-7(4-8)5-11(14)10(13(9)17)6-12(15)16/h2-4,10H,5-6H2,1H3,(H,15,16). The minimum absolute atomic E-state index is 0.0796. The maximum atomic E-state index is 12.0. The van der Waals surface area contributed by atoms with Crippen molar-refractivity contribution in [2.24, 2.45) is 5.92 Å². The number of carboxylic acid groups (broad SMARTS) is 1. The second kappa shape index (κ2) is 4.60. The first-order valence-electron chi connectivity index (χ1n) is 5.48. The SMILES string of the molecule is COc1ccc2c(c1)CC(=O)C(CC(=O)O)C2=O. The van der Waals surface area contributed by atoms with Gasteiger partial charge in [-0.05, 0) is 23.8 Å². The highest BCUT2D eigenvalue weighted by Gasteiger charge is 2.35. The van der Waals surface area contributed by atoms with E-state index in [0.29, 0.717) is 16.9 Å². The van der Waals surface area contributed by atoms with E-state index in [9.17, 15) is 14.4 Å². The molecule has 0 amide bonds. The molecule has 0 radical (unpaired) electrons. The van der Waals surface area contributed by atoms with Crippen molar-refractivity contribution in [1.82, 2.24) is 0 Å². The van der Waals surface area contributed by atoms with Gasteiger partial charge in [-0.1, -0.05) is 0 Å². The number of ether oxygens (including phenoxy) is 1. The van der Waals surface area contributed by atoms with Crippen LogP contribution in [0, 0.1) is 5.92 Å². The molecule has 0 fully saturated rings. The lowest BCUT2D eigenvalue weighted by molar-refractivity contribution is -0.140. The molecule has 2 rings (SSSR count). The van der Waals surface area contributed by atoms with Crippen LogP contribution >= 0.6 is 0 Å². The molecule has 0 aliphatic heterocycles. The van der Waals surface area contributed by atoms with Gasteiger partial charge >= 0.3 is 5.97 Å². The number of carboxylic acids is 1. The van der Waals surface area contributed by atoms with E-state index in [0.717, 1.165) is 0 Å². The molecule has 5 nitrogen and oxygen atoms in total. The third-order valence-corrected chi connectivity index (χ3v) is 3.03. The van der Waals surface area contributed by atoms with E-state index in [2.05, 4.69) is 0 Å². The minimum atomic E-state index is -1.14. The molecule has 94 valence electrons. The zero-order valence-corrected chi connectivity index (χ0v) is 9.80. The quantitative estimate of drug-likeness (QED) is 0.810. The van der Waals surface area contributed by atoms with E-state index in [-0.39, 0.29) is 12.2 Å². The van der Waals surface area contributed by atoms with Crippen LogP contribution in [-0.2, 0) is 16.0 Å². The van der Waals surface area contributed by atoms with Gasteiger partial charge in [0.1, 0.15) is 11.5 Å². The lowest BCUT2D eigenvalue weighted by Crippen LogP contribution is -2.33. The predicted molar refractivity (Wildman–Crippen MR) is 61.8 cm³/mol. The molecule has 1 N–H and O–H groups in total. The van der Waals surface area contributed by atoms with E-state index in [1.165, 1.54) is 7.11 Å². The van der Waals surface area contributed by atoms with E-state index in [1.807, 2.05) is 0 Å². The van der Waals surface area contributed by atoms with Crippen molar-refractivity contribution in [3.05, 3.63) is 29.3 Å². The van der Waals surface area contributed by atoms with Gasteiger partial charge in [-0.2, -0.15) is 0 Å². The highest BCUT2D eigenvalue weighted by Crippen LogP contribution is 2.28. The van der Waals surface area contributed by atoms with Crippen molar-refractivity contribution in [2.45, 2.75) is 12.8 Å². The van der Waals surface area contributed by atoms with Crippen molar-refractivity contribution in [3.8, 4) is 5.75 Å². The summed E-state index contributed by atoms with van der Waals surface area (Å²) in [5.41, 5.74) is 1.02. The summed E-state index contributed by atoms with van der Waals surface area (Å²) in [5, 5.41) is 8.71. The molecule has 1 aromatic carbocycles. The highest BCUT2D eigenvalue weighted by molar-refractivity contribution is 6.16. The second-order valence-corrected chi connectivity index (χ2v) is 4.18. The normalized spacial score (nSPS) is 18.4. The van der Waals surface area contributed by atoms with Gasteiger partial charge in [0.15, 0.2) is 5.78 Å². The molecular formula is C13H12O5. The lowest BCUT2D eigenvalue weighted by Gasteiger charge is -2.21. The minimum Gasteiger partial charge on any atom is -0.497 e. The lowest BCUT2D eigenvalue weighted by atomic mass is 9.80. The summed E-state index contributed by atoms with van der Waals surface area (Å²) >= 11 is 0. The van der Waals surface area contributed by atoms with Crippen molar-refractivity contribution in [1.29, 1.82) is 0 Å². The van der Waals surface area contributed by atoms with Gasteiger partial charge in [0.05, 0.1) is 19.4 Å². The Labute approximate surface area is 103 Å². The number of ketones is 2. The number of carbonyl (C=O) groups is 3. The fourth-order valence-corrected chi connectivity index (χ4v) is 2.11. The largest absolute Gasteiger partial charge is 0.497 e. The first-order valence-corrected chi connectivity index (χ1v) is 5.48. The van der Waals surface area contributed by atoms with Gasteiger partial charge in [-0.15, -0.1) is 0 Å². The summed E-state index contributed by atoms with van der Waals surface area (Å²) in [6, 6.07) is 4.85. The number of aliphatic carboxylic acids is 1. The maximum absolute atomic E-state index is 12.0. The van der Waals surface area contributed by atoms with Crippen LogP contribution in [-0.4, -0.2) is 29.8 Å². The molecule has 0 aromatic heterocycles. The van der Waals surface area contributed by atoms with E-state index >= 15 is 0 Å². The number of benzene rings is 1. The Morgan fingerprint density at radius 1 is 1.44 bits per heavy atom. The van der Waals surface area contributed by atoms with Crippen molar-refractivity contribution in [2.75, 3.05) is 7.11 Å². The molecular weight excluding hydrogens is 236 g/mol. The summed E-state index contributed by atoms with van der Waals surface area (Å²) < 4.78 is 5.03. The fraction of sp³-hybridized carbons (Fsp3) is 0.308. The molecule has 1 aliphatic carbocycles. The van der Waals surface area contributed by atoms with Crippen LogP contribution in [0.1, 0.15) is 22.3 Å². The van der Waals surface area contributed by atoms with E-state index in [4.69, 9.17) is 9.84 Å². The molecule has 1 unspecified atom stereocenters. The Balaban J connectivity index is 2.38. The van der Waals surface area contributed by atoms with Crippen LogP contribution in [0.3, 0.4) is 0 Å². The van der Waals surface area contributed by atoms with Gasteiger partial charge in [0, 0.05) is 12.0 Å². The fourth-order valence-electron chi connectivity index (χ4n) is 2.11. The van der Waals surface area contributed by atoms with Crippen LogP contribution in [0.5, 0.6) is 5.75 Å². The average molecular weight is 248 g/mol. The van der Waals surface area contributed by atoms with Crippen LogP contribution in [0.25, 0.3) is 0 Å². The summed E-state index contributed by atoms with van der Waals surface area (Å²) in [4.78, 5) is 34.5. The Bertz CT molecular complexity index is 532. The number of Topliss-reactive ketones (excluding diaryl/α,β-unsaturated/α-hetero) is 2. The van der Waals surface area contributed by atoms with Gasteiger partial charge in [0.2, 0.25) is 0 Å². The van der Waals surface area contributed by atoms with Crippen LogP contribution in [0.4, 0.5) is 0 Å². The molecule has 0 saturated carbocycles. The first kappa shape index (κ1) is 12.3. The number of fused-ring (bicyclic) bond motifs is 1. The van der Waals surface area contributed by atoms with Gasteiger partial charge in [-0.25, -0.2) is 0 Å². The number of methoxy groups -OCH3 is 1. The second-order valence-electron chi connectivity index (χ2n) is 4.18. The predicted octanol–water partition coefficient (Wildman–Crippen LogP) is 1.09. The summed E-state index contributed by atoms with van der Waals surface area (Å²) in [6.07, 6.45) is -0.362. The molecule has 1 aromatic rings.